The summed E-state index contributed by atoms with van der Waals surface area (Å²) in [6.07, 6.45) is 3.85. The molecule has 3 N–H and O–H groups in total. The zero-order valence-electron chi connectivity index (χ0n) is 12.9. The minimum absolute atomic E-state index is 0.183. The van der Waals surface area contributed by atoms with Crippen LogP contribution in [0.5, 0.6) is 0 Å². The Bertz CT molecular complexity index is 238. The molecule has 0 radical (unpaired) electrons. The number of aliphatic hydroxyl groups excluding tert-OH is 2. The van der Waals surface area contributed by atoms with Crippen LogP contribution in [0.2, 0.25) is 0 Å². The van der Waals surface area contributed by atoms with E-state index in [4.69, 9.17) is 9.47 Å². The summed E-state index contributed by atoms with van der Waals surface area (Å²) in [6.45, 7) is 6.64. The maximum atomic E-state index is 9.84. The number of ether oxygens (including phenoxy) is 2. The van der Waals surface area contributed by atoms with E-state index in [1.807, 2.05) is 13.8 Å². The molecule has 0 spiro atoms. The first-order chi connectivity index (χ1) is 9.59. The van der Waals surface area contributed by atoms with Crippen LogP contribution in [0.15, 0.2) is 0 Å². The molecule has 1 saturated carbocycles. The number of aliphatic hydroxyl groups is 2. The van der Waals surface area contributed by atoms with Crippen molar-refractivity contribution in [2.24, 2.45) is 5.92 Å². The molecular weight excluding hydrogens is 258 g/mol. The van der Waals surface area contributed by atoms with Crippen molar-refractivity contribution in [3.8, 4) is 0 Å². The van der Waals surface area contributed by atoms with Gasteiger partial charge in [-0.05, 0) is 32.6 Å². The predicted molar refractivity (Wildman–Crippen MR) is 78.7 cm³/mol. The van der Waals surface area contributed by atoms with E-state index in [-0.39, 0.29) is 12.2 Å². The largest absolute Gasteiger partial charge is 0.393 e. The Morgan fingerprint density at radius 3 is 2.65 bits per heavy atom. The van der Waals surface area contributed by atoms with E-state index in [9.17, 15) is 10.2 Å². The summed E-state index contributed by atoms with van der Waals surface area (Å²) in [5.41, 5.74) is 0. The summed E-state index contributed by atoms with van der Waals surface area (Å²) >= 11 is 0. The maximum absolute atomic E-state index is 9.84. The lowest BCUT2D eigenvalue weighted by Crippen LogP contribution is -2.38. The fraction of sp³-hybridized carbons (Fsp3) is 1.00. The van der Waals surface area contributed by atoms with Crippen molar-refractivity contribution in [2.45, 2.75) is 57.8 Å². The fourth-order valence-corrected chi connectivity index (χ4v) is 2.48. The van der Waals surface area contributed by atoms with Gasteiger partial charge in [-0.3, -0.25) is 0 Å². The van der Waals surface area contributed by atoms with Crippen molar-refractivity contribution >= 4 is 0 Å². The molecule has 0 aromatic rings. The van der Waals surface area contributed by atoms with Crippen LogP contribution < -0.4 is 5.32 Å². The summed E-state index contributed by atoms with van der Waals surface area (Å²) in [5.74, 6) is 0.330. The molecule has 3 atom stereocenters. The molecule has 1 fully saturated rings. The summed E-state index contributed by atoms with van der Waals surface area (Å²) in [6, 6.07) is 0. The topological polar surface area (TPSA) is 71.0 Å². The van der Waals surface area contributed by atoms with Gasteiger partial charge in [0, 0.05) is 13.1 Å². The van der Waals surface area contributed by atoms with Crippen molar-refractivity contribution in [1.29, 1.82) is 0 Å². The van der Waals surface area contributed by atoms with E-state index in [2.05, 4.69) is 5.32 Å². The third-order valence-corrected chi connectivity index (χ3v) is 3.64. The highest BCUT2D eigenvalue weighted by atomic mass is 16.5. The molecule has 20 heavy (non-hydrogen) atoms. The molecular formula is C15H31NO4. The van der Waals surface area contributed by atoms with Gasteiger partial charge >= 0.3 is 0 Å². The third-order valence-electron chi connectivity index (χ3n) is 3.64. The van der Waals surface area contributed by atoms with Crippen LogP contribution >= 0.6 is 0 Å². The van der Waals surface area contributed by atoms with Gasteiger partial charge in [0.05, 0.1) is 38.1 Å². The van der Waals surface area contributed by atoms with Crippen molar-refractivity contribution in [2.75, 3.05) is 32.9 Å². The monoisotopic (exact) mass is 289 g/mol. The zero-order valence-corrected chi connectivity index (χ0v) is 12.9. The predicted octanol–water partition coefficient (Wildman–Crippen LogP) is 0.930. The molecule has 0 saturated heterocycles. The molecule has 1 rings (SSSR count). The lowest BCUT2D eigenvalue weighted by atomic mass is 9.86. The van der Waals surface area contributed by atoms with Gasteiger partial charge in [0.1, 0.15) is 0 Å². The Morgan fingerprint density at radius 2 is 1.95 bits per heavy atom. The quantitative estimate of drug-likeness (QED) is 0.522. The average molecular weight is 289 g/mol. The van der Waals surface area contributed by atoms with Crippen LogP contribution in [-0.2, 0) is 9.47 Å². The Labute approximate surface area is 122 Å². The summed E-state index contributed by atoms with van der Waals surface area (Å²) in [7, 11) is 0. The van der Waals surface area contributed by atoms with Crippen LogP contribution in [0.1, 0.15) is 39.5 Å². The van der Waals surface area contributed by atoms with Crippen molar-refractivity contribution in [3.05, 3.63) is 0 Å². The highest BCUT2D eigenvalue weighted by molar-refractivity contribution is 4.76. The van der Waals surface area contributed by atoms with Gasteiger partial charge in [-0.25, -0.2) is 0 Å². The van der Waals surface area contributed by atoms with Gasteiger partial charge in [0.25, 0.3) is 0 Å². The van der Waals surface area contributed by atoms with Gasteiger partial charge in [-0.15, -0.1) is 0 Å². The first-order valence-electron chi connectivity index (χ1n) is 7.85. The summed E-state index contributed by atoms with van der Waals surface area (Å²) in [4.78, 5) is 0. The van der Waals surface area contributed by atoms with E-state index in [1.54, 1.807) is 0 Å². The van der Waals surface area contributed by atoms with Crippen LogP contribution in [0.4, 0.5) is 0 Å². The molecule has 1 aliphatic rings. The van der Waals surface area contributed by atoms with Gasteiger partial charge in [0.15, 0.2) is 0 Å². The molecule has 0 bridgehead atoms. The van der Waals surface area contributed by atoms with E-state index in [0.717, 1.165) is 25.8 Å². The highest BCUT2D eigenvalue weighted by Gasteiger charge is 2.22. The smallest absolute Gasteiger partial charge is 0.0897 e. The van der Waals surface area contributed by atoms with Crippen LogP contribution in [0.3, 0.4) is 0 Å². The van der Waals surface area contributed by atoms with Gasteiger partial charge in [-0.2, -0.15) is 0 Å². The standard InChI is InChI=1S/C15H31NO4/c1-12(2)20-8-7-19-11-14(17)10-16-9-13-5-3-4-6-15(13)18/h12-18H,3-11H2,1-2H3. The van der Waals surface area contributed by atoms with E-state index in [0.29, 0.717) is 32.3 Å². The second kappa shape index (κ2) is 10.5. The highest BCUT2D eigenvalue weighted by Crippen LogP contribution is 2.23. The minimum atomic E-state index is -0.505. The minimum Gasteiger partial charge on any atom is -0.393 e. The Hall–Kier alpha value is -0.200. The molecule has 5 heteroatoms. The van der Waals surface area contributed by atoms with Crippen LogP contribution in [0, 0.1) is 5.92 Å². The second-order valence-electron chi connectivity index (χ2n) is 5.92. The fourth-order valence-electron chi connectivity index (χ4n) is 2.48. The third kappa shape index (κ3) is 8.17. The van der Waals surface area contributed by atoms with E-state index in [1.165, 1.54) is 6.42 Å². The molecule has 5 nitrogen and oxygen atoms in total. The van der Waals surface area contributed by atoms with Crippen molar-refractivity contribution in [3.63, 3.8) is 0 Å². The Morgan fingerprint density at radius 1 is 1.20 bits per heavy atom. The first kappa shape index (κ1) is 17.9. The molecule has 0 aromatic carbocycles. The van der Waals surface area contributed by atoms with Crippen LogP contribution in [0.25, 0.3) is 0 Å². The first-order valence-corrected chi connectivity index (χ1v) is 7.85. The summed E-state index contributed by atoms with van der Waals surface area (Å²) < 4.78 is 10.7. The van der Waals surface area contributed by atoms with E-state index >= 15 is 0 Å². The molecule has 0 heterocycles. The van der Waals surface area contributed by atoms with Crippen molar-refractivity contribution in [1.82, 2.24) is 5.32 Å². The zero-order chi connectivity index (χ0) is 14.8. The summed E-state index contributed by atoms with van der Waals surface area (Å²) in [5, 5.41) is 22.8. The Balaban J connectivity index is 1.95. The normalized spacial score (nSPS) is 25.1. The van der Waals surface area contributed by atoms with Crippen molar-refractivity contribution < 1.29 is 19.7 Å². The van der Waals surface area contributed by atoms with Gasteiger partial charge in [-0.1, -0.05) is 12.8 Å². The van der Waals surface area contributed by atoms with Crippen LogP contribution in [-0.4, -0.2) is 61.4 Å². The number of hydrogen-bond donors (Lipinski definition) is 3. The molecule has 0 aliphatic heterocycles. The molecule has 0 amide bonds. The molecule has 0 aromatic heterocycles. The van der Waals surface area contributed by atoms with Gasteiger partial charge < -0.3 is 25.0 Å². The number of hydrogen-bond acceptors (Lipinski definition) is 5. The second-order valence-corrected chi connectivity index (χ2v) is 5.92. The van der Waals surface area contributed by atoms with Gasteiger partial charge in [0.2, 0.25) is 0 Å². The Kier molecular flexibility index (Phi) is 9.39. The molecule has 120 valence electrons. The molecule has 1 aliphatic carbocycles. The lowest BCUT2D eigenvalue weighted by molar-refractivity contribution is -0.0108. The number of rotatable bonds is 10. The lowest BCUT2D eigenvalue weighted by Gasteiger charge is -2.28. The average Bonchev–Trinajstić information content (AvgIpc) is 2.40. The van der Waals surface area contributed by atoms with E-state index < -0.39 is 6.10 Å². The number of nitrogens with one attached hydrogen (secondary N) is 1. The maximum Gasteiger partial charge on any atom is 0.0897 e. The SMILES string of the molecule is CC(C)OCCOCC(O)CNCC1CCCCC1O. The molecule has 3 unspecified atom stereocenters.